The van der Waals surface area contributed by atoms with Crippen molar-refractivity contribution < 1.29 is 23.9 Å². The minimum Gasteiger partial charge on any atom is -0.444 e. The molecule has 1 aliphatic heterocycles. The molecular formula is C27H43N5O5. The van der Waals surface area contributed by atoms with Gasteiger partial charge in [-0.1, -0.05) is 51.1 Å². The van der Waals surface area contributed by atoms with Gasteiger partial charge >= 0.3 is 6.09 Å². The van der Waals surface area contributed by atoms with Gasteiger partial charge in [0.15, 0.2) is 0 Å². The number of carbonyl (C=O) groups excluding carboxylic acids is 4. The lowest BCUT2D eigenvalue weighted by Crippen LogP contribution is -2.59. The molecule has 10 nitrogen and oxygen atoms in total. The zero-order valence-corrected chi connectivity index (χ0v) is 23.3. The summed E-state index contributed by atoms with van der Waals surface area (Å²) in [5.41, 5.74) is 5.76. The van der Waals surface area contributed by atoms with Crippen molar-refractivity contribution in [1.29, 1.82) is 0 Å². The number of likely N-dealkylation sites (N-methyl/N-ethyl adjacent to an activating group) is 1. The normalized spacial score (nSPS) is 19.5. The SMILES string of the molecule is CC(NC(=O)C1CC(N)CN1C(=O)C(NC(=O)CN(C)C(=O)OC(C)(C)C)C(C)(C)C)c1ccccc1. The largest absolute Gasteiger partial charge is 0.444 e. The van der Waals surface area contributed by atoms with Crippen LogP contribution in [0, 0.1) is 5.41 Å². The fraction of sp³-hybridized carbons (Fsp3) is 0.630. The molecule has 0 bridgehead atoms. The predicted octanol–water partition coefficient (Wildman–Crippen LogP) is 2.19. The smallest absolute Gasteiger partial charge is 0.410 e. The van der Waals surface area contributed by atoms with Crippen LogP contribution in [-0.4, -0.2) is 77.5 Å². The van der Waals surface area contributed by atoms with E-state index < -0.39 is 35.1 Å². The van der Waals surface area contributed by atoms with E-state index in [1.807, 2.05) is 58.0 Å². The van der Waals surface area contributed by atoms with Crippen LogP contribution in [0.5, 0.6) is 0 Å². The lowest BCUT2D eigenvalue weighted by Gasteiger charge is -2.36. The van der Waals surface area contributed by atoms with Crippen LogP contribution in [-0.2, 0) is 19.1 Å². The quantitative estimate of drug-likeness (QED) is 0.508. The molecule has 0 aromatic heterocycles. The van der Waals surface area contributed by atoms with Gasteiger partial charge in [0.1, 0.15) is 24.2 Å². The summed E-state index contributed by atoms with van der Waals surface area (Å²) in [5, 5.41) is 5.76. The molecular weight excluding hydrogens is 474 g/mol. The van der Waals surface area contributed by atoms with Crippen LogP contribution in [0.3, 0.4) is 0 Å². The second-order valence-corrected chi connectivity index (χ2v) is 11.8. The maximum absolute atomic E-state index is 13.7. The number of ether oxygens (including phenoxy) is 1. The van der Waals surface area contributed by atoms with Crippen molar-refractivity contribution in [2.45, 2.75) is 84.7 Å². The van der Waals surface area contributed by atoms with E-state index in [4.69, 9.17) is 10.5 Å². The van der Waals surface area contributed by atoms with Crippen molar-refractivity contribution in [2.75, 3.05) is 20.1 Å². The van der Waals surface area contributed by atoms with E-state index in [0.29, 0.717) is 6.42 Å². The third-order valence-corrected chi connectivity index (χ3v) is 6.08. The Bertz CT molecular complexity index is 970. The van der Waals surface area contributed by atoms with Crippen LogP contribution in [0.2, 0.25) is 0 Å². The second kappa shape index (κ2) is 11.9. The molecule has 1 saturated heterocycles. The fourth-order valence-electron chi connectivity index (χ4n) is 4.14. The summed E-state index contributed by atoms with van der Waals surface area (Å²) >= 11 is 0. The standard InChI is InChI=1S/C27H43N5O5/c1-17(18-12-10-9-11-13-18)29-23(34)20-14-19(28)15-32(20)24(35)22(26(2,3)4)30-21(33)16-31(8)25(36)37-27(5,6)7/h9-13,17,19-20,22H,14-16,28H2,1-8H3,(H,29,34)(H,30,33). The van der Waals surface area contributed by atoms with E-state index in [-0.39, 0.29) is 37.0 Å². The van der Waals surface area contributed by atoms with Crippen LogP contribution in [0.25, 0.3) is 0 Å². The summed E-state index contributed by atoms with van der Waals surface area (Å²) < 4.78 is 5.29. The number of nitrogens with zero attached hydrogens (tertiary/aromatic N) is 2. The Morgan fingerprint density at radius 3 is 2.22 bits per heavy atom. The van der Waals surface area contributed by atoms with Gasteiger partial charge in [0.2, 0.25) is 17.7 Å². The number of hydrogen-bond acceptors (Lipinski definition) is 6. The Hall–Kier alpha value is -3.14. The minimum absolute atomic E-state index is 0.205. The highest BCUT2D eigenvalue weighted by Crippen LogP contribution is 2.26. The summed E-state index contributed by atoms with van der Waals surface area (Å²) in [4.78, 5) is 54.6. The Morgan fingerprint density at radius 2 is 1.68 bits per heavy atom. The molecule has 0 aliphatic carbocycles. The topological polar surface area (TPSA) is 134 Å². The van der Waals surface area contributed by atoms with Crippen molar-refractivity contribution in [1.82, 2.24) is 20.4 Å². The molecule has 1 heterocycles. The van der Waals surface area contributed by atoms with E-state index in [1.54, 1.807) is 20.8 Å². The summed E-state index contributed by atoms with van der Waals surface area (Å²) in [6, 6.07) is 7.26. The maximum Gasteiger partial charge on any atom is 0.410 e. The number of likely N-dealkylation sites (tertiary alicyclic amines) is 1. The predicted molar refractivity (Wildman–Crippen MR) is 141 cm³/mol. The molecule has 1 aliphatic rings. The Kier molecular flexibility index (Phi) is 9.71. The van der Waals surface area contributed by atoms with E-state index in [9.17, 15) is 19.2 Å². The van der Waals surface area contributed by atoms with Crippen molar-refractivity contribution in [3.63, 3.8) is 0 Å². The van der Waals surface area contributed by atoms with Gasteiger partial charge in [0.05, 0.1) is 6.04 Å². The summed E-state index contributed by atoms with van der Waals surface area (Å²) in [6.45, 7) is 12.5. The molecule has 1 fully saturated rings. The third kappa shape index (κ3) is 8.73. The average Bonchev–Trinajstić information content (AvgIpc) is 3.17. The molecule has 4 amide bonds. The van der Waals surface area contributed by atoms with E-state index >= 15 is 0 Å². The number of nitrogens with two attached hydrogens (primary N) is 1. The van der Waals surface area contributed by atoms with Crippen LogP contribution in [0.1, 0.15) is 66.5 Å². The number of hydrogen-bond donors (Lipinski definition) is 3. The molecule has 1 aromatic rings. The molecule has 2 rings (SSSR count). The highest BCUT2D eigenvalue weighted by molar-refractivity contribution is 5.94. The van der Waals surface area contributed by atoms with Gasteiger partial charge in [-0.25, -0.2) is 4.79 Å². The number of rotatable bonds is 7. The van der Waals surface area contributed by atoms with Crippen LogP contribution >= 0.6 is 0 Å². The average molecular weight is 518 g/mol. The van der Waals surface area contributed by atoms with Crippen LogP contribution < -0.4 is 16.4 Å². The Balaban J connectivity index is 2.13. The molecule has 10 heteroatoms. The summed E-state index contributed by atoms with van der Waals surface area (Å²) in [7, 11) is 1.45. The zero-order valence-electron chi connectivity index (χ0n) is 23.3. The number of nitrogens with one attached hydrogen (secondary N) is 2. The van der Waals surface area contributed by atoms with Gasteiger partial charge in [0.25, 0.3) is 0 Å². The van der Waals surface area contributed by atoms with E-state index in [1.165, 1.54) is 11.9 Å². The Labute approximate surface area is 220 Å². The van der Waals surface area contributed by atoms with Gasteiger partial charge in [0, 0.05) is 19.6 Å². The molecule has 0 saturated carbocycles. The first-order valence-corrected chi connectivity index (χ1v) is 12.6. The first-order chi connectivity index (χ1) is 17.0. The highest BCUT2D eigenvalue weighted by atomic mass is 16.6. The van der Waals surface area contributed by atoms with Crippen molar-refractivity contribution in [3.8, 4) is 0 Å². The van der Waals surface area contributed by atoms with Gasteiger partial charge in [-0.15, -0.1) is 0 Å². The number of benzene rings is 1. The molecule has 4 N–H and O–H groups in total. The lowest BCUT2D eigenvalue weighted by molar-refractivity contribution is -0.144. The monoisotopic (exact) mass is 517 g/mol. The van der Waals surface area contributed by atoms with Gasteiger partial charge in [-0.3, -0.25) is 14.4 Å². The van der Waals surface area contributed by atoms with Crippen molar-refractivity contribution in [3.05, 3.63) is 35.9 Å². The summed E-state index contributed by atoms with van der Waals surface area (Å²) in [5.74, 6) is -1.19. The van der Waals surface area contributed by atoms with Gasteiger partial charge in [-0.2, -0.15) is 0 Å². The lowest BCUT2D eigenvalue weighted by atomic mass is 9.85. The van der Waals surface area contributed by atoms with Crippen LogP contribution in [0.4, 0.5) is 4.79 Å². The second-order valence-electron chi connectivity index (χ2n) is 11.8. The van der Waals surface area contributed by atoms with E-state index in [2.05, 4.69) is 10.6 Å². The fourth-order valence-corrected chi connectivity index (χ4v) is 4.14. The molecule has 37 heavy (non-hydrogen) atoms. The first-order valence-electron chi connectivity index (χ1n) is 12.6. The first kappa shape index (κ1) is 30.1. The Morgan fingerprint density at radius 1 is 1.08 bits per heavy atom. The zero-order chi connectivity index (χ0) is 28.1. The molecule has 4 atom stereocenters. The van der Waals surface area contributed by atoms with E-state index in [0.717, 1.165) is 10.5 Å². The number of amides is 4. The van der Waals surface area contributed by atoms with Crippen LogP contribution in [0.15, 0.2) is 30.3 Å². The molecule has 4 unspecified atom stereocenters. The highest BCUT2D eigenvalue weighted by Gasteiger charge is 2.44. The van der Waals surface area contributed by atoms with Gasteiger partial charge in [-0.05, 0) is 45.1 Å². The minimum atomic E-state index is -0.931. The van der Waals surface area contributed by atoms with Crippen molar-refractivity contribution >= 4 is 23.8 Å². The van der Waals surface area contributed by atoms with Gasteiger partial charge < -0.3 is 30.9 Å². The molecule has 1 aromatic carbocycles. The molecule has 0 radical (unpaired) electrons. The number of carbonyl (C=O) groups is 4. The van der Waals surface area contributed by atoms with Crippen molar-refractivity contribution in [2.24, 2.45) is 11.1 Å². The summed E-state index contributed by atoms with van der Waals surface area (Å²) in [6.07, 6.45) is -0.318. The maximum atomic E-state index is 13.7. The molecule has 0 spiro atoms. The molecule has 206 valence electrons. The third-order valence-electron chi connectivity index (χ3n) is 6.08.